The van der Waals surface area contributed by atoms with Gasteiger partial charge in [0.2, 0.25) is 10.0 Å². The van der Waals surface area contributed by atoms with E-state index in [1.165, 1.54) is 28.9 Å². The van der Waals surface area contributed by atoms with Gasteiger partial charge in [0.15, 0.2) is 0 Å². The van der Waals surface area contributed by atoms with Crippen LogP contribution in [0.5, 0.6) is 0 Å². The van der Waals surface area contributed by atoms with Gasteiger partial charge in [0, 0.05) is 4.70 Å². The lowest BCUT2D eigenvalue weighted by Crippen LogP contribution is -2.53. The van der Waals surface area contributed by atoms with Gasteiger partial charge >= 0.3 is 0 Å². The molecule has 3 N–H and O–H groups in total. The third-order valence-electron chi connectivity index (χ3n) is 4.87. The van der Waals surface area contributed by atoms with Gasteiger partial charge in [-0.05, 0) is 46.7 Å². The van der Waals surface area contributed by atoms with Crippen LogP contribution < -0.4 is 10.2 Å². The Morgan fingerprint density at radius 3 is 2.39 bits per heavy atom. The number of nitrogens with zero attached hydrogens (tertiary/aromatic N) is 1. The lowest BCUT2D eigenvalue weighted by Gasteiger charge is -2.22. The third kappa shape index (κ3) is 4.21. The first kappa shape index (κ1) is 21.1. The molecule has 31 heavy (non-hydrogen) atoms. The summed E-state index contributed by atoms with van der Waals surface area (Å²) in [7, 11) is -4.05. The number of benzene rings is 2. The summed E-state index contributed by atoms with van der Waals surface area (Å²) in [6.07, 6.45) is 0. The quantitative estimate of drug-likeness (QED) is 0.279. The van der Waals surface area contributed by atoms with Gasteiger partial charge in [-0.1, -0.05) is 18.2 Å². The highest BCUT2D eigenvalue weighted by molar-refractivity contribution is 7.88. The molecule has 0 unspecified atom stereocenters. The molecule has 2 heterocycles. The standard InChI is InChI=1S/C20H17N3O6S2/c24-18(21-27)16(10-23-19(25)14-3-1-2-4-15(14)20(23)26)22-31(28,29)11-12-5-6-17-13(9-12)7-8-30-17/h1-9,16,22,27H,10-11H2,(H,21,24)/t16-/m1/s1. The van der Waals surface area contributed by atoms with Crippen LogP contribution in [0.4, 0.5) is 0 Å². The number of fused-ring (bicyclic) bond motifs is 2. The zero-order valence-electron chi connectivity index (χ0n) is 15.9. The van der Waals surface area contributed by atoms with Gasteiger partial charge in [0.05, 0.1) is 23.4 Å². The van der Waals surface area contributed by atoms with Gasteiger partial charge in [0.25, 0.3) is 17.7 Å². The second-order valence-electron chi connectivity index (χ2n) is 6.96. The number of hydroxylamine groups is 1. The molecule has 1 aromatic heterocycles. The molecule has 160 valence electrons. The zero-order chi connectivity index (χ0) is 22.2. The van der Waals surface area contributed by atoms with Crippen molar-refractivity contribution in [3.63, 3.8) is 0 Å². The van der Waals surface area contributed by atoms with Crippen LogP contribution in [0.3, 0.4) is 0 Å². The summed E-state index contributed by atoms with van der Waals surface area (Å²) in [4.78, 5) is 38.0. The van der Waals surface area contributed by atoms with E-state index in [0.717, 1.165) is 15.0 Å². The van der Waals surface area contributed by atoms with Crippen molar-refractivity contribution in [2.24, 2.45) is 0 Å². The Morgan fingerprint density at radius 1 is 1.06 bits per heavy atom. The van der Waals surface area contributed by atoms with Gasteiger partial charge in [-0.2, -0.15) is 0 Å². The molecule has 0 radical (unpaired) electrons. The number of carbonyl (C=O) groups is 3. The van der Waals surface area contributed by atoms with Crippen LogP contribution in [0.2, 0.25) is 0 Å². The van der Waals surface area contributed by atoms with Crippen molar-refractivity contribution >= 4 is 49.2 Å². The molecule has 1 atom stereocenters. The summed E-state index contributed by atoms with van der Waals surface area (Å²) in [5, 5.41) is 11.8. The summed E-state index contributed by atoms with van der Waals surface area (Å²) in [5.74, 6) is -2.79. The van der Waals surface area contributed by atoms with Gasteiger partial charge in [0.1, 0.15) is 6.04 Å². The summed E-state index contributed by atoms with van der Waals surface area (Å²) in [5.41, 5.74) is 2.22. The first-order chi connectivity index (χ1) is 14.8. The van der Waals surface area contributed by atoms with E-state index in [2.05, 4.69) is 4.72 Å². The van der Waals surface area contributed by atoms with Crippen LogP contribution in [-0.4, -0.2) is 48.8 Å². The van der Waals surface area contributed by atoms with Gasteiger partial charge in [-0.3, -0.25) is 24.5 Å². The summed E-state index contributed by atoms with van der Waals surface area (Å²) in [6, 6.07) is 11.6. The molecule has 9 nitrogen and oxygen atoms in total. The number of sulfonamides is 1. The maximum absolute atomic E-state index is 12.7. The van der Waals surface area contributed by atoms with Crippen LogP contribution >= 0.6 is 11.3 Å². The van der Waals surface area contributed by atoms with Crippen molar-refractivity contribution in [1.29, 1.82) is 0 Å². The molecule has 11 heteroatoms. The lowest BCUT2D eigenvalue weighted by molar-refractivity contribution is -0.131. The summed E-state index contributed by atoms with van der Waals surface area (Å²) >= 11 is 1.53. The minimum Gasteiger partial charge on any atom is -0.289 e. The molecule has 0 saturated carbocycles. The Bertz CT molecular complexity index is 1270. The van der Waals surface area contributed by atoms with E-state index in [9.17, 15) is 22.8 Å². The Labute approximate surface area is 181 Å². The van der Waals surface area contributed by atoms with E-state index in [1.807, 2.05) is 17.5 Å². The first-order valence-corrected chi connectivity index (χ1v) is 11.7. The number of carbonyl (C=O) groups excluding carboxylic acids is 3. The van der Waals surface area contributed by atoms with Crippen molar-refractivity contribution < 1.29 is 28.0 Å². The molecule has 1 aliphatic rings. The molecule has 0 spiro atoms. The van der Waals surface area contributed by atoms with Crippen LogP contribution in [-0.2, 0) is 20.6 Å². The Kier molecular flexibility index (Phi) is 5.58. The SMILES string of the molecule is O=C(NO)[C@@H](CN1C(=O)c2ccccc2C1=O)NS(=O)(=O)Cc1ccc2sccc2c1. The number of hydrogen-bond acceptors (Lipinski definition) is 7. The van der Waals surface area contributed by atoms with Crippen molar-refractivity contribution in [3.8, 4) is 0 Å². The average Bonchev–Trinajstić information content (AvgIpc) is 3.30. The highest BCUT2D eigenvalue weighted by Crippen LogP contribution is 2.24. The third-order valence-corrected chi connectivity index (χ3v) is 7.12. The second-order valence-corrected chi connectivity index (χ2v) is 9.67. The lowest BCUT2D eigenvalue weighted by atomic mass is 10.1. The van der Waals surface area contributed by atoms with Gasteiger partial charge in [-0.15, -0.1) is 11.3 Å². The molecule has 0 saturated heterocycles. The molecule has 1 aliphatic heterocycles. The normalized spacial score (nSPS) is 14.7. The predicted molar refractivity (Wildman–Crippen MR) is 113 cm³/mol. The van der Waals surface area contributed by atoms with Crippen molar-refractivity contribution in [3.05, 3.63) is 70.6 Å². The minimum atomic E-state index is -4.05. The Morgan fingerprint density at radius 2 is 1.74 bits per heavy atom. The number of amides is 3. The largest absolute Gasteiger partial charge is 0.289 e. The fraction of sp³-hybridized carbons (Fsp3) is 0.150. The first-order valence-electron chi connectivity index (χ1n) is 9.14. The minimum absolute atomic E-state index is 0.169. The van der Waals surface area contributed by atoms with Crippen LogP contribution in [0, 0.1) is 0 Å². The molecule has 0 bridgehead atoms. The molecule has 0 aliphatic carbocycles. The number of nitrogens with one attached hydrogen (secondary N) is 2. The van der Waals surface area contributed by atoms with E-state index >= 15 is 0 Å². The van der Waals surface area contributed by atoms with Crippen molar-refractivity contribution in [2.75, 3.05) is 6.54 Å². The highest BCUT2D eigenvalue weighted by Gasteiger charge is 2.38. The maximum Gasteiger partial charge on any atom is 0.263 e. The molecule has 3 aromatic rings. The van der Waals surface area contributed by atoms with E-state index in [0.29, 0.717) is 5.56 Å². The molecule has 4 rings (SSSR count). The monoisotopic (exact) mass is 459 g/mol. The van der Waals surface area contributed by atoms with E-state index in [4.69, 9.17) is 5.21 Å². The number of rotatable bonds is 7. The highest BCUT2D eigenvalue weighted by atomic mass is 32.2. The number of hydrogen-bond donors (Lipinski definition) is 3. The Hall–Kier alpha value is -3.12. The summed E-state index contributed by atoms with van der Waals surface area (Å²) in [6.45, 7) is -0.568. The number of imide groups is 1. The van der Waals surface area contributed by atoms with E-state index in [-0.39, 0.29) is 11.1 Å². The molecule has 3 amide bonds. The van der Waals surface area contributed by atoms with Crippen LogP contribution in [0.1, 0.15) is 26.3 Å². The molecule has 0 fully saturated rings. The maximum atomic E-state index is 12.7. The Balaban J connectivity index is 1.53. The second kappa shape index (κ2) is 8.19. The van der Waals surface area contributed by atoms with E-state index in [1.54, 1.807) is 24.3 Å². The van der Waals surface area contributed by atoms with Gasteiger partial charge < -0.3 is 0 Å². The van der Waals surface area contributed by atoms with Crippen LogP contribution in [0.25, 0.3) is 10.1 Å². The topological polar surface area (TPSA) is 133 Å². The zero-order valence-corrected chi connectivity index (χ0v) is 17.6. The fourth-order valence-corrected chi connectivity index (χ4v) is 5.51. The molecular formula is C20H17N3O6S2. The van der Waals surface area contributed by atoms with Crippen LogP contribution in [0.15, 0.2) is 53.9 Å². The van der Waals surface area contributed by atoms with Gasteiger partial charge in [-0.25, -0.2) is 18.6 Å². The van der Waals surface area contributed by atoms with Crippen molar-refractivity contribution in [2.45, 2.75) is 11.8 Å². The summed E-state index contributed by atoms with van der Waals surface area (Å²) < 4.78 is 28.6. The predicted octanol–water partition coefficient (Wildman–Crippen LogP) is 1.49. The fourth-order valence-electron chi connectivity index (χ4n) is 3.42. The molecular weight excluding hydrogens is 442 g/mol. The number of thiophene rings is 1. The average molecular weight is 460 g/mol. The van der Waals surface area contributed by atoms with Crippen molar-refractivity contribution in [1.82, 2.24) is 15.1 Å². The molecule has 2 aromatic carbocycles. The van der Waals surface area contributed by atoms with E-state index < -0.39 is 46.1 Å². The smallest absolute Gasteiger partial charge is 0.263 e.